The summed E-state index contributed by atoms with van der Waals surface area (Å²) in [5.41, 5.74) is -0.403. The molecule has 3 aliphatic rings. The molecule has 3 amide bonds. The molecule has 33 heavy (non-hydrogen) atoms. The highest BCUT2D eigenvalue weighted by Crippen LogP contribution is 2.53. The zero-order chi connectivity index (χ0) is 24.0. The lowest BCUT2D eigenvalue weighted by molar-refractivity contribution is -0.143. The van der Waals surface area contributed by atoms with E-state index in [4.69, 9.17) is 16.3 Å². The van der Waals surface area contributed by atoms with Gasteiger partial charge in [-0.1, -0.05) is 50.6 Å². The minimum Gasteiger partial charge on any atom is -0.385 e. The first-order valence-electron chi connectivity index (χ1n) is 11.9. The number of nitrogens with zero attached hydrogens (tertiary/aromatic N) is 2. The van der Waals surface area contributed by atoms with Gasteiger partial charge in [0.1, 0.15) is 0 Å². The number of carbonyl (C=O) groups is 3. The topological polar surface area (TPSA) is 66.9 Å². The van der Waals surface area contributed by atoms with Gasteiger partial charge in [0, 0.05) is 50.7 Å². The Hall–Kier alpha value is -1.92. The Morgan fingerprint density at radius 1 is 1.18 bits per heavy atom. The molecule has 1 aliphatic carbocycles. The Kier molecular flexibility index (Phi) is 6.38. The molecular weight excluding hydrogens is 440 g/mol. The van der Waals surface area contributed by atoms with Gasteiger partial charge < -0.3 is 9.64 Å². The molecule has 2 heterocycles. The first kappa shape index (κ1) is 24.2. The van der Waals surface area contributed by atoms with Gasteiger partial charge in [-0.3, -0.25) is 19.3 Å². The SMILES string of the molecule is COCCCN1C(=O)CC(CC(=O)N2CC3(C)CC2CC(C)(C)C3)(c2ccccc2Cl)C1=O. The highest BCUT2D eigenvalue weighted by molar-refractivity contribution is 6.32. The molecule has 2 bridgehead atoms. The summed E-state index contributed by atoms with van der Waals surface area (Å²) >= 11 is 6.55. The van der Waals surface area contributed by atoms with E-state index in [0.717, 1.165) is 19.3 Å². The number of imide groups is 1. The second-order valence-corrected chi connectivity index (χ2v) is 11.8. The predicted octanol–water partition coefficient (Wildman–Crippen LogP) is 4.19. The molecule has 1 saturated carbocycles. The maximum atomic E-state index is 13.8. The first-order chi connectivity index (χ1) is 15.5. The van der Waals surface area contributed by atoms with Crippen molar-refractivity contribution in [3.63, 3.8) is 0 Å². The molecule has 2 aliphatic heterocycles. The number of likely N-dealkylation sites (tertiary alicyclic amines) is 2. The van der Waals surface area contributed by atoms with Crippen molar-refractivity contribution < 1.29 is 19.1 Å². The van der Waals surface area contributed by atoms with Crippen molar-refractivity contribution in [1.29, 1.82) is 0 Å². The third kappa shape index (κ3) is 4.44. The van der Waals surface area contributed by atoms with E-state index in [0.29, 0.717) is 30.2 Å². The summed E-state index contributed by atoms with van der Waals surface area (Å²) in [5.74, 6) is -0.628. The lowest BCUT2D eigenvalue weighted by Crippen LogP contribution is -2.45. The van der Waals surface area contributed by atoms with E-state index in [-0.39, 0.29) is 54.0 Å². The maximum absolute atomic E-state index is 13.8. The molecule has 6 nitrogen and oxygen atoms in total. The zero-order valence-corrected chi connectivity index (χ0v) is 20.9. The van der Waals surface area contributed by atoms with Crippen molar-refractivity contribution in [2.24, 2.45) is 10.8 Å². The highest BCUT2D eigenvalue weighted by Gasteiger charge is 2.57. The van der Waals surface area contributed by atoms with E-state index in [2.05, 4.69) is 20.8 Å². The van der Waals surface area contributed by atoms with E-state index in [1.165, 1.54) is 4.90 Å². The van der Waals surface area contributed by atoms with E-state index < -0.39 is 5.41 Å². The zero-order valence-electron chi connectivity index (χ0n) is 20.2. The fourth-order valence-electron chi connectivity index (χ4n) is 6.80. The lowest BCUT2D eigenvalue weighted by atomic mass is 9.65. The fraction of sp³-hybridized carbons (Fsp3) is 0.654. The summed E-state index contributed by atoms with van der Waals surface area (Å²) < 4.78 is 5.10. The number of rotatable bonds is 7. The summed E-state index contributed by atoms with van der Waals surface area (Å²) in [6, 6.07) is 7.29. The van der Waals surface area contributed by atoms with Crippen molar-refractivity contribution in [1.82, 2.24) is 9.80 Å². The molecule has 1 aromatic rings. The molecule has 0 radical (unpaired) electrons. The maximum Gasteiger partial charge on any atom is 0.240 e. The summed E-state index contributed by atoms with van der Waals surface area (Å²) in [7, 11) is 1.59. The van der Waals surface area contributed by atoms with Crippen LogP contribution in [0.4, 0.5) is 0 Å². The van der Waals surface area contributed by atoms with Crippen LogP contribution in [0.1, 0.15) is 64.9 Å². The second-order valence-electron chi connectivity index (χ2n) is 11.3. The largest absolute Gasteiger partial charge is 0.385 e. The molecule has 180 valence electrons. The number of fused-ring (bicyclic) bond motifs is 2. The molecule has 0 N–H and O–H groups in total. The van der Waals surface area contributed by atoms with Crippen LogP contribution < -0.4 is 0 Å². The minimum atomic E-state index is -1.26. The third-order valence-electron chi connectivity index (χ3n) is 7.72. The number of ether oxygens (including phenoxy) is 1. The Balaban J connectivity index is 1.65. The number of carbonyl (C=O) groups excluding carboxylic acids is 3. The molecule has 7 heteroatoms. The van der Waals surface area contributed by atoms with Crippen molar-refractivity contribution >= 4 is 29.3 Å². The minimum absolute atomic E-state index is 0.0322. The molecule has 2 saturated heterocycles. The van der Waals surface area contributed by atoms with Crippen LogP contribution in [0.5, 0.6) is 0 Å². The standard InChI is InChI=1S/C26H35ClN2O4/c1-24(2)12-18-13-25(3,16-24)17-29(18)22(31)15-26(19-8-5-6-9-20(19)27)14-21(30)28(23(26)32)10-7-11-33-4/h5-6,8-9,18H,7,10-17H2,1-4H3. The molecule has 3 unspecified atom stereocenters. The van der Waals surface area contributed by atoms with Gasteiger partial charge >= 0.3 is 0 Å². The van der Waals surface area contributed by atoms with Gasteiger partial charge in [-0.2, -0.15) is 0 Å². The fourth-order valence-corrected chi connectivity index (χ4v) is 7.11. The summed E-state index contributed by atoms with van der Waals surface area (Å²) in [6.07, 6.45) is 3.54. The summed E-state index contributed by atoms with van der Waals surface area (Å²) in [4.78, 5) is 43.8. The smallest absolute Gasteiger partial charge is 0.240 e. The van der Waals surface area contributed by atoms with Gasteiger partial charge in [0.25, 0.3) is 0 Å². The van der Waals surface area contributed by atoms with Crippen LogP contribution in [-0.2, 0) is 24.5 Å². The highest BCUT2D eigenvalue weighted by atomic mass is 35.5. The van der Waals surface area contributed by atoms with Crippen LogP contribution >= 0.6 is 11.6 Å². The summed E-state index contributed by atoms with van der Waals surface area (Å²) in [6.45, 7) is 8.25. The van der Waals surface area contributed by atoms with Crippen molar-refractivity contribution in [2.45, 2.75) is 70.8 Å². The molecule has 3 fully saturated rings. The molecule has 3 atom stereocenters. The van der Waals surface area contributed by atoms with Gasteiger partial charge in [0.15, 0.2) is 0 Å². The van der Waals surface area contributed by atoms with Gasteiger partial charge in [0.05, 0.1) is 5.41 Å². The first-order valence-corrected chi connectivity index (χ1v) is 12.3. The Bertz CT molecular complexity index is 963. The van der Waals surface area contributed by atoms with Crippen LogP contribution in [-0.4, -0.2) is 60.4 Å². The number of hydrogen-bond donors (Lipinski definition) is 0. The van der Waals surface area contributed by atoms with Crippen LogP contribution in [0.3, 0.4) is 0 Å². The average molecular weight is 475 g/mol. The monoisotopic (exact) mass is 474 g/mol. The number of benzene rings is 1. The van der Waals surface area contributed by atoms with Crippen molar-refractivity contribution in [3.8, 4) is 0 Å². The van der Waals surface area contributed by atoms with Crippen LogP contribution in [0.15, 0.2) is 24.3 Å². The molecular formula is C26H35ClN2O4. The van der Waals surface area contributed by atoms with Gasteiger partial charge in [0.2, 0.25) is 17.7 Å². The Morgan fingerprint density at radius 3 is 2.61 bits per heavy atom. The summed E-state index contributed by atoms with van der Waals surface area (Å²) in [5, 5.41) is 0.415. The van der Waals surface area contributed by atoms with Gasteiger partial charge in [-0.15, -0.1) is 0 Å². The van der Waals surface area contributed by atoms with Gasteiger partial charge in [-0.05, 0) is 48.1 Å². The van der Waals surface area contributed by atoms with Crippen LogP contribution in [0.25, 0.3) is 0 Å². The van der Waals surface area contributed by atoms with E-state index in [9.17, 15) is 14.4 Å². The van der Waals surface area contributed by atoms with E-state index in [1.54, 1.807) is 25.3 Å². The quantitative estimate of drug-likeness (QED) is 0.439. The molecule has 4 rings (SSSR count). The molecule has 1 aromatic carbocycles. The third-order valence-corrected chi connectivity index (χ3v) is 8.05. The molecule has 0 spiro atoms. The normalized spacial score (nSPS) is 30.9. The van der Waals surface area contributed by atoms with E-state index in [1.807, 2.05) is 11.0 Å². The predicted molar refractivity (Wildman–Crippen MR) is 127 cm³/mol. The Morgan fingerprint density at radius 2 is 1.91 bits per heavy atom. The van der Waals surface area contributed by atoms with Crippen molar-refractivity contribution in [2.75, 3.05) is 26.8 Å². The van der Waals surface area contributed by atoms with Crippen LogP contribution in [0, 0.1) is 10.8 Å². The number of amides is 3. The van der Waals surface area contributed by atoms with E-state index >= 15 is 0 Å². The number of halogens is 1. The van der Waals surface area contributed by atoms with Crippen molar-refractivity contribution in [3.05, 3.63) is 34.9 Å². The second kappa shape index (κ2) is 8.70. The average Bonchev–Trinajstić information content (AvgIpc) is 3.12. The number of hydrogen-bond acceptors (Lipinski definition) is 4. The van der Waals surface area contributed by atoms with Crippen LogP contribution in [0.2, 0.25) is 5.02 Å². The Labute approximate surface area is 201 Å². The lowest BCUT2D eigenvalue weighted by Gasteiger charge is -2.39. The van der Waals surface area contributed by atoms with Gasteiger partial charge in [-0.25, -0.2) is 0 Å². The number of methoxy groups -OCH3 is 1. The molecule has 0 aromatic heterocycles.